The predicted octanol–water partition coefficient (Wildman–Crippen LogP) is 4.11. The van der Waals surface area contributed by atoms with Gasteiger partial charge in [-0.1, -0.05) is 22.0 Å². The van der Waals surface area contributed by atoms with Gasteiger partial charge < -0.3 is 9.64 Å². The third-order valence-electron chi connectivity index (χ3n) is 3.26. The zero-order valence-corrected chi connectivity index (χ0v) is 13.6. The Morgan fingerprint density at radius 1 is 1.21 bits per heavy atom. The molecule has 0 unspecified atom stereocenters. The minimum Gasteiger partial charge on any atom is -0.366 e. The lowest BCUT2D eigenvalue weighted by atomic mass is 9.97. The molecule has 2 rings (SSSR count). The zero-order chi connectivity index (χ0) is 14.3. The molecule has 1 aliphatic heterocycles. The summed E-state index contributed by atoms with van der Waals surface area (Å²) in [5.74, 6) is -0.156. The summed E-state index contributed by atoms with van der Waals surface area (Å²) in [6.07, 6.45) is 0. The monoisotopic (exact) mass is 329 g/mol. The molecule has 2 nitrogen and oxygen atoms in total. The summed E-state index contributed by atoms with van der Waals surface area (Å²) in [5, 5.41) is 0.521. The number of hydrogen-bond acceptors (Lipinski definition) is 2. The molecular formula is C15H21BrFNO. The molecule has 1 aliphatic rings. The van der Waals surface area contributed by atoms with Gasteiger partial charge in [0.15, 0.2) is 0 Å². The Kier molecular flexibility index (Phi) is 3.94. The van der Waals surface area contributed by atoms with Crippen LogP contribution in [0.4, 0.5) is 10.1 Å². The lowest BCUT2D eigenvalue weighted by Crippen LogP contribution is -2.57. The highest BCUT2D eigenvalue weighted by Crippen LogP contribution is 2.34. The van der Waals surface area contributed by atoms with Crippen LogP contribution in [0.15, 0.2) is 18.2 Å². The van der Waals surface area contributed by atoms with Crippen molar-refractivity contribution >= 4 is 21.6 Å². The molecule has 0 amide bonds. The number of ether oxygens (including phenoxy) is 1. The van der Waals surface area contributed by atoms with E-state index < -0.39 is 0 Å². The normalized spacial score (nSPS) is 21.5. The summed E-state index contributed by atoms with van der Waals surface area (Å²) in [7, 11) is 0. The van der Waals surface area contributed by atoms with E-state index in [-0.39, 0.29) is 17.0 Å². The lowest BCUT2D eigenvalue weighted by molar-refractivity contribution is -0.133. The molecule has 0 bridgehead atoms. The molecule has 106 valence electrons. The lowest BCUT2D eigenvalue weighted by Gasteiger charge is -2.48. The van der Waals surface area contributed by atoms with Gasteiger partial charge in [0.1, 0.15) is 5.82 Å². The fourth-order valence-electron chi connectivity index (χ4n) is 2.93. The van der Waals surface area contributed by atoms with Gasteiger partial charge in [-0.15, -0.1) is 0 Å². The topological polar surface area (TPSA) is 12.5 Å². The molecule has 1 aromatic rings. The van der Waals surface area contributed by atoms with E-state index in [1.165, 1.54) is 6.07 Å². The van der Waals surface area contributed by atoms with Crippen LogP contribution >= 0.6 is 15.9 Å². The predicted molar refractivity (Wildman–Crippen MR) is 80.5 cm³/mol. The van der Waals surface area contributed by atoms with Crippen molar-refractivity contribution in [3.8, 4) is 0 Å². The molecule has 1 saturated heterocycles. The number of anilines is 1. The van der Waals surface area contributed by atoms with Gasteiger partial charge in [0.25, 0.3) is 0 Å². The third kappa shape index (κ3) is 3.29. The van der Waals surface area contributed by atoms with Gasteiger partial charge in [0.2, 0.25) is 0 Å². The maximum absolute atomic E-state index is 13.9. The Morgan fingerprint density at radius 3 is 2.32 bits per heavy atom. The van der Waals surface area contributed by atoms with Crippen molar-refractivity contribution in [2.75, 3.05) is 18.0 Å². The Balaban J connectivity index is 2.39. The van der Waals surface area contributed by atoms with Gasteiger partial charge in [-0.2, -0.15) is 0 Å². The van der Waals surface area contributed by atoms with Crippen molar-refractivity contribution in [2.45, 2.75) is 44.2 Å². The molecule has 1 fully saturated rings. The number of alkyl halides is 1. The minimum atomic E-state index is -0.238. The first-order chi connectivity index (χ1) is 8.74. The summed E-state index contributed by atoms with van der Waals surface area (Å²) in [6, 6.07) is 5.26. The summed E-state index contributed by atoms with van der Waals surface area (Å²) in [4.78, 5) is 2.23. The van der Waals surface area contributed by atoms with Crippen LogP contribution in [0.1, 0.15) is 33.3 Å². The Labute approximate surface area is 123 Å². The SMILES string of the molecule is CC1(C)CN(c2cccc(F)c2CBr)CC(C)(C)O1. The quantitative estimate of drug-likeness (QED) is 0.757. The number of morpholine rings is 1. The first-order valence-corrected chi connectivity index (χ1v) is 7.65. The number of nitrogens with zero attached hydrogens (tertiary/aromatic N) is 1. The van der Waals surface area contributed by atoms with Crippen LogP contribution in [0.25, 0.3) is 0 Å². The van der Waals surface area contributed by atoms with E-state index >= 15 is 0 Å². The van der Waals surface area contributed by atoms with Gasteiger partial charge in [0, 0.05) is 29.7 Å². The number of hydrogen-bond donors (Lipinski definition) is 0. The smallest absolute Gasteiger partial charge is 0.129 e. The van der Waals surface area contributed by atoms with Crippen molar-refractivity contribution in [2.24, 2.45) is 0 Å². The maximum atomic E-state index is 13.9. The van der Waals surface area contributed by atoms with Crippen LogP contribution in [0.2, 0.25) is 0 Å². The molecule has 0 atom stereocenters. The van der Waals surface area contributed by atoms with Crippen molar-refractivity contribution in [1.82, 2.24) is 0 Å². The van der Waals surface area contributed by atoms with E-state index in [1.807, 2.05) is 6.07 Å². The summed E-state index contributed by atoms with van der Waals surface area (Å²) < 4.78 is 20.0. The molecule has 0 N–H and O–H groups in total. The Morgan fingerprint density at radius 2 is 1.79 bits per heavy atom. The van der Waals surface area contributed by atoms with Crippen LogP contribution < -0.4 is 4.90 Å². The molecule has 0 radical (unpaired) electrons. The number of halogens is 2. The van der Waals surface area contributed by atoms with Crippen LogP contribution in [0.5, 0.6) is 0 Å². The first-order valence-electron chi connectivity index (χ1n) is 6.53. The molecule has 4 heteroatoms. The second-order valence-corrected chi connectivity index (χ2v) is 6.91. The first kappa shape index (κ1) is 14.8. The minimum absolute atomic E-state index is 0.156. The van der Waals surface area contributed by atoms with Crippen LogP contribution in [0.3, 0.4) is 0 Å². The van der Waals surface area contributed by atoms with Gasteiger partial charge >= 0.3 is 0 Å². The van der Waals surface area contributed by atoms with Crippen molar-refractivity contribution in [1.29, 1.82) is 0 Å². The van der Waals surface area contributed by atoms with Gasteiger partial charge in [-0.25, -0.2) is 4.39 Å². The third-order valence-corrected chi connectivity index (χ3v) is 3.83. The molecule has 1 aromatic carbocycles. The van der Waals surface area contributed by atoms with E-state index in [0.717, 1.165) is 24.3 Å². The average Bonchev–Trinajstić information content (AvgIpc) is 2.24. The van der Waals surface area contributed by atoms with Crippen molar-refractivity contribution in [3.63, 3.8) is 0 Å². The molecule has 0 aromatic heterocycles. The zero-order valence-electron chi connectivity index (χ0n) is 12.0. The van der Waals surface area contributed by atoms with E-state index in [0.29, 0.717) is 5.33 Å². The molecular weight excluding hydrogens is 309 g/mol. The fourth-order valence-corrected chi connectivity index (χ4v) is 3.49. The highest BCUT2D eigenvalue weighted by molar-refractivity contribution is 9.08. The van der Waals surface area contributed by atoms with E-state index in [2.05, 4.69) is 48.5 Å². The summed E-state index contributed by atoms with van der Waals surface area (Å²) >= 11 is 3.38. The summed E-state index contributed by atoms with van der Waals surface area (Å²) in [5.41, 5.74) is 1.20. The fraction of sp³-hybridized carbons (Fsp3) is 0.600. The number of rotatable bonds is 2. The van der Waals surface area contributed by atoms with Gasteiger partial charge in [-0.3, -0.25) is 0 Å². The van der Waals surface area contributed by atoms with Crippen LogP contribution in [-0.4, -0.2) is 24.3 Å². The van der Waals surface area contributed by atoms with Gasteiger partial charge in [-0.05, 0) is 39.8 Å². The second-order valence-electron chi connectivity index (χ2n) is 6.35. The summed E-state index contributed by atoms with van der Waals surface area (Å²) in [6.45, 7) is 9.84. The average molecular weight is 330 g/mol. The maximum Gasteiger partial charge on any atom is 0.129 e. The Hall–Kier alpha value is -0.610. The molecule has 19 heavy (non-hydrogen) atoms. The highest BCUT2D eigenvalue weighted by Gasteiger charge is 2.38. The largest absolute Gasteiger partial charge is 0.366 e. The molecule has 0 aliphatic carbocycles. The van der Waals surface area contributed by atoms with Gasteiger partial charge in [0.05, 0.1) is 11.2 Å². The van der Waals surface area contributed by atoms with E-state index in [1.54, 1.807) is 6.07 Å². The van der Waals surface area contributed by atoms with Crippen molar-refractivity contribution < 1.29 is 9.13 Å². The second kappa shape index (κ2) is 5.06. The Bertz CT molecular complexity index is 457. The molecule has 1 heterocycles. The highest BCUT2D eigenvalue weighted by atomic mass is 79.9. The number of benzene rings is 1. The molecule has 0 saturated carbocycles. The van der Waals surface area contributed by atoms with Crippen LogP contribution in [-0.2, 0) is 10.1 Å². The van der Waals surface area contributed by atoms with E-state index in [4.69, 9.17) is 4.74 Å². The van der Waals surface area contributed by atoms with E-state index in [9.17, 15) is 4.39 Å². The van der Waals surface area contributed by atoms with Crippen LogP contribution in [0, 0.1) is 5.82 Å². The standard InChI is InChI=1S/C15H21BrFNO/c1-14(2)9-18(10-15(3,4)19-14)13-7-5-6-12(17)11(13)8-16/h5-7H,8-10H2,1-4H3. The molecule has 0 spiro atoms. The van der Waals surface area contributed by atoms with Crippen molar-refractivity contribution in [3.05, 3.63) is 29.6 Å².